The SMILES string of the molecule is CC(CO)CCCNc1cc(F)c(C(=O)O)cc1N. The van der Waals surface area contributed by atoms with Crippen LogP contribution in [0, 0.1) is 11.7 Å². The number of aromatic carboxylic acids is 1. The molecule has 1 unspecified atom stereocenters. The van der Waals surface area contributed by atoms with E-state index in [4.69, 9.17) is 15.9 Å². The minimum atomic E-state index is -1.34. The van der Waals surface area contributed by atoms with Crippen LogP contribution in [0.2, 0.25) is 0 Å². The van der Waals surface area contributed by atoms with Gasteiger partial charge in [0.2, 0.25) is 0 Å². The average molecular weight is 270 g/mol. The number of hydrogen-bond donors (Lipinski definition) is 4. The Morgan fingerprint density at radius 3 is 2.79 bits per heavy atom. The number of nitrogens with one attached hydrogen (secondary N) is 1. The molecule has 0 bridgehead atoms. The zero-order chi connectivity index (χ0) is 14.4. The standard InChI is InChI=1S/C13H19FN2O3/c1-8(7-17)3-2-4-16-12-6-10(14)9(13(18)19)5-11(12)15/h5-6,8,16-17H,2-4,7,15H2,1H3,(H,18,19). The molecule has 0 aromatic heterocycles. The van der Waals surface area contributed by atoms with Crippen molar-refractivity contribution in [3.05, 3.63) is 23.5 Å². The molecule has 0 fully saturated rings. The number of carboxylic acids is 1. The maximum absolute atomic E-state index is 13.5. The highest BCUT2D eigenvalue weighted by Crippen LogP contribution is 2.23. The Balaban J connectivity index is 2.60. The first-order chi connectivity index (χ1) is 8.95. The number of nitrogen functional groups attached to an aromatic ring is 1. The summed E-state index contributed by atoms with van der Waals surface area (Å²) in [5, 5.41) is 20.6. The Labute approximate surface area is 111 Å². The maximum Gasteiger partial charge on any atom is 0.338 e. The second-order valence-corrected chi connectivity index (χ2v) is 4.58. The van der Waals surface area contributed by atoms with E-state index in [-0.39, 0.29) is 18.2 Å². The van der Waals surface area contributed by atoms with Crippen molar-refractivity contribution < 1.29 is 19.4 Å². The van der Waals surface area contributed by atoms with E-state index < -0.39 is 17.3 Å². The molecule has 1 aromatic rings. The topological polar surface area (TPSA) is 95.6 Å². The number of aliphatic hydroxyl groups excluding tert-OH is 1. The Kier molecular flexibility index (Phi) is 5.57. The van der Waals surface area contributed by atoms with Gasteiger partial charge in [0.1, 0.15) is 5.82 Å². The molecule has 19 heavy (non-hydrogen) atoms. The fraction of sp³-hybridized carbons (Fsp3) is 0.462. The van der Waals surface area contributed by atoms with Crippen LogP contribution in [0.5, 0.6) is 0 Å². The lowest BCUT2D eigenvalue weighted by Crippen LogP contribution is -2.09. The molecule has 0 aliphatic heterocycles. The van der Waals surface area contributed by atoms with Gasteiger partial charge in [-0.3, -0.25) is 0 Å². The van der Waals surface area contributed by atoms with Crippen LogP contribution in [0.15, 0.2) is 12.1 Å². The Morgan fingerprint density at radius 2 is 2.21 bits per heavy atom. The number of carbonyl (C=O) groups is 1. The molecule has 0 heterocycles. The number of halogens is 1. The highest BCUT2D eigenvalue weighted by molar-refractivity contribution is 5.90. The van der Waals surface area contributed by atoms with Crippen LogP contribution in [-0.2, 0) is 0 Å². The van der Waals surface area contributed by atoms with Crippen molar-refractivity contribution in [1.82, 2.24) is 0 Å². The van der Waals surface area contributed by atoms with Crippen LogP contribution in [0.25, 0.3) is 0 Å². The number of carboxylic acid groups (broad SMARTS) is 1. The number of anilines is 2. The summed E-state index contributed by atoms with van der Waals surface area (Å²) in [6.07, 6.45) is 1.66. The van der Waals surface area contributed by atoms with Gasteiger partial charge in [0, 0.05) is 13.2 Å². The number of benzene rings is 1. The molecule has 5 nitrogen and oxygen atoms in total. The van der Waals surface area contributed by atoms with Gasteiger partial charge in [-0.15, -0.1) is 0 Å². The summed E-state index contributed by atoms with van der Waals surface area (Å²) < 4.78 is 13.5. The average Bonchev–Trinajstić information content (AvgIpc) is 2.37. The maximum atomic E-state index is 13.5. The van der Waals surface area contributed by atoms with Gasteiger partial charge in [-0.1, -0.05) is 6.92 Å². The van der Waals surface area contributed by atoms with Crippen LogP contribution in [-0.4, -0.2) is 29.3 Å². The zero-order valence-electron chi connectivity index (χ0n) is 10.8. The summed E-state index contributed by atoms with van der Waals surface area (Å²) in [5.41, 5.74) is 5.82. The van der Waals surface area contributed by atoms with Gasteiger partial charge in [0.25, 0.3) is 0 Å². The molecular formula is C13H19FN2O3. The van der Waals surface area contributed by atoms with Gasteiger partial charge in [0.05, 0.1) is 16.9 Å². The van der Waals surface area contributed by atoms with Crippen LogP contribution in [0.1, 0.15) is 30.1 Å². The molecule has 106 valence electrons. The van der Waals surface area contributed by atoms with Gasteiger partial charge >= 0.3 is 5.97 Å². The molecular weight excluding hydrogens is 251 g/mol. The lowest BCUT2D eigenvalue weighted by atomic mass is 10.1. The third-order valence-electron chi connectivity index (χ3n) is 2.87. The molecule has 0 saturated carbocycles. The summed E-state index contributed by atoms with van der Waals surface area (Å²) in [6.45, 7) is 2.67. The molecule has 1 atom stereocenters. The number of hydrogen-bond acceptors (Lipinski definition) is 4. The molecule has 0 aliphatic rings. The number of rotatable bonds is 7. The van der Waals surface area contributed by atoms with Crippen LogP contribution in [0.4, 0.5) is 15.8 Å². The van der Waals surface area contributed by atoms with Crippen molar-refractivity contribution in [2.45, 2.75) is 19.8 Å². The van der Waals surface area contributed by atoms with Crippen molar-refractivity contribution in [1.29, 1.82) is 0 Å². The molecule has 0 aliphatic carbocycles. The van der Waals surface area contributed by atoms with E-state index in [0.29, 0.717) is 12.2 Å². The van der Waals surface area contributed by atoms with Crippen molar-refractivity contribution >= 4 is 17.3 Å². The highest BCUT2D eigenvalue weighted by atomic mass is 19.1. The monoisotopic (exact) mass is 270 g/mol. The molecule has 0 radical (unpaired) electrons. The van der Waals surface area contributed by atoms with E-state index in [1.54, 1.807) is 0 Å². The largest absolute Gasteiger partial charge is 0.478 e. The Hall–Kier alpha value is -1.82. The molecule has 5 N–H and O–H groups in total. The summed E-state index contributed by atoms with van der Waals surface area (Å²) >= 11 is 0. The van der Waals surface area contributed by atoms with Crippen molar-refractivity contribution in [3.8, 4) is 0 Å². The van der Waals surface area contributed by atoms with Gasteiger partial charge in [-0.25, -0.2) is 9.18 Å². The molecule has 0 saturated heterocycles. The molecule has 1 aromatic carbocycles. The van der Waals surface area contributed by atoms with Gasteiger partial charge in [-0.05, 0) is 30.9 Å². The normalized spacial score (nSPS) is 12.2. The quantitative estimate of drug-likeness (QED) is 0.448. The zero-order valence-corrected chi connectivity index (χ0v) is 10.8. The minimum absolute atomic E-state index is 0.143. The summed E-state index contributed by atoms with van der Waals surface area (Å²) in [4.78, 5) is 10.7. The van der Waals surface area contributed by atoms with E-state index in [2.05, 4.69) is 5.32 Å². The first-order valence-corrected chi connectivity index (χ1v) is 6.12. The number of aliphatic hydroxyl groups is 1. The van der Waals surface area contributed by atoms with Crippen molar-refractivity contribution in [3.63, 3.8) is 0 Å². The third kappa shape index (κ3) is 4.40. The van der Waals surface area contributed by atoms with Gasteiger partial charge < -0.3 is 21.3 Å². The van der Waals surface area contributed by atoms with Crippen LogP contribution >= 0.6 is 0 Å². The fourth-order valence-corrected chi connectivity index (χ4v) is 1.67. The first-order valence-electron chi connectivity index (χ1n) is 6.12. The Morgan fingerprint density at radius 1 is 1.53 bits per heavy atom. The fourth-order valence-electron chi connectivity index (χ4n) is 1.67. The molecule has 0 spiro atoms. The van der Waals surface area contributed by atoms with Crippen molar-refractivity contribution in [2.75, 3.05) is 24.2 Å². The van der Waals surface area contributed by atoms with Crippen LogP contribution < -0.4 is 11.1 Å². The van der Waals surface area contributed by atoms with E-state index in [1.807, 2.05) is 6.92 Å². The summed E-state index contributed by atoms with van der Waals surface area (Å²) in [6, 6.07) is 2.20. The lowest BCUT2D eigenvalue weighted by molar-refractivity contribution is 0.0692. The van der Waals surface area contributed by atoms with Gasteiger partial charge in [-0.2, -0.15) is 0 Å². The molecule has 6 heteroatoms. The highest BCUT2D eigenvalue weighted by Gasteiger charge is 2.13. The van der Waals surface area contributed by atoms with Crippen LogP contribution in [0.3, 0.4) is 0 Å². The minimum Gasteiger partial charge on any atom is -0.478 e. The smallest absolute Gasteiger partial charge is 0.338 e. The molecule has 0 amide bonds. The first kappa shape index (κ1) is 15.2. The van der Waals surface area contributed by atoms with Gasteiger partial charge in [0.15, 0.2) is 0 Å². The number of nitrogens with two attached hydrogens (primary N) is 1. The van der Waals surface area contributed by atoms with E-state index in [1.165, 1.54) is 0 Å². The second kappa shape index (κ2) is 6.94. The molecule has 1 rings (SSSR count). The van der Waals surface area contributed by atoms with E-state index >= 15 is 0 Å². The third-order valence-corrected chi connectivity index (χ3v) is 2.87. The predicted molar refractivity (Wildman–Crippen MR) is 71.7 cm³/mol. The summed E-state index contributed by atoms with van der Waals surface area (Å²) in [7, 11) is 0. The predicted octanol–water partition coefficient (Wildman–Crippen LogP) is 1.93. The van der Waals surface area contributed by atoms with Crippen molar-refractivity contribution in [2.24, 2.45) is 5.92 Å². The second-order valence-electron chi connectivity index (χ2n) is 4.58. The van der Waals surface area contributed by atoms with E-state index in [9.17, 15) is 9.18 Å². The summed E-state index contributed by atoms with van der Waals surface area (Å²) in [5.74, 6) is -1.93. The van der Waals surface area contributed by atoms with E-state index in [0.717, 1.165) is 25.0 Å². The Bertz CT molecular complexity index is 452. The lowest BCUT2D eigenvalue weighted by Gasteiger charge is -2.12.